The van der Waals surface area contributed by atoms with E-state index >= 15 is 0 Å². The number of ether oxygens (including phenoxy) is 2. The third-order valence-electron chi connectivity index (χ3n) is 2.91. The first-order valence-electron chi connectivity index (χ1n) is 6.69. The second-order valence-electron chi connectivity index (χ2n) is 5.86. The van der Waals surface area contributed by atoms with Crippen molar-refractivity contribution < 1.29 is 23.0 Å². The number of carbonyl (C=O) groups is 1. The third-order valence-corrected chi connectivity index (χ3v) is 2.91. The number of aromatic nitrogens is 1. The molecular formula is C16H17F2NO3. The molecule has 6 heteroatoms. The first kappa shape index (κ1) is 16.1. The van der Waals surface area contributed by atoms with Crippen LogP contribution in [-0.4, -0.2) is 23.7 Å². The average Bonchev–Trinajstić information content (AvgIpc) is 2.44. The van der Waals surface area contributed by atoms with Gasteiger partial charge >= 0.3 is 11.9 Å². The summed E-state index contributed by atoms with van der Waals surface area (Å²) >= 11 is 0. The first-order chi connectivity index (χ1) is 10.1. The molecule has 118 valence electrons. The number of pyridine rings is 1. The largest absolute Gasteiger partial charge is 0.495 e. The van der Waals surface area contributed by atoms with Crippen molar-refractivity contribution >= 4 is 16.9 Å². The van der Waals surface area contributed by atoms with Crippen LogP contribution in [0.2, 0.25) is 0 Å². The highest BCUT2D eigenvalue weighted by Crippen LogP contribution is 2.33. The Morgan fingerprint density at radius 3 is 2.45 bits per heavy atom. The zero-order valence-electron chi connectivity index (χ0n) is 12.8. The number of nitrogens with zero attached hydrogens (tertiary/aromatic N) is 1. The number of carbonyl (C=O) groups excluding carboxylic acids is 1. The molecule has 0 radical (unpaired) electrons. The number of halogens is 2. The van der Waals surface area contributed by atoms with E-state index in [9.17, 15) is 13.6 Å². The Hall–Kier alpha value is -2.24. The van der Waals surface area contributed by atoms with E-state index in [1.54, 1.807) is 6.07 Å². The summed E-state index contributed by atoms with van der Waals surface area (Å²) in [4.78, 5) is 15.8. The SMILES string of the molecule is COc1cnc2ccc(C(F)(F)C(=O)OC(C)(C)C)cc2c1. The van der Waals surface area contributed by atoms with Crippen LogP contribution in [0.5, 0.6) is 5.75 Å². The van der Waals surface area contributed by atoms with Gasteiger partial charge in [-0.15, -0.1) is 0 Å². The minimum atomic E-state index is -3.73. The van der Waals surface area contributed by atoms with Crippen LogP contribution in [0.3, 0.4) is 0 Å². The summed E-state index contributed by atoms with van der Waals surface area (Å²) < 4.78 is 38.3. The Kier molecular flexibility index (Phi) is 4.04. The van der Waals surface area contributed by atoms with Gasteiger partial charge < -0.3 is 9.47 Å². The molecule has 2 aromatic rings. The van der Waals surface area contributed by atoms with Gasteiger partial charge in [0.25, 0.3) is 0 Å². The quantitative estimate of drug-likeness (QED) is 0.812. The molecule has 2 rings (SSSR count). The molecule has 0 aliphatic carbocycles. The second-order valence-corrected chi connectivity index (χ2v) is 5.86. The van der Waals surface area contributed by atoms with Crippen LogP contribution in [0.25, 0.3) is 10.9 Å². The summed E-state index contributed by atoms with van der Waals surface area (Å²) in [6.45, 7) is 4.61. The fourth-order valence-electron chi connectivity index (χ4n) is 1.88. The first-order valence-corrected chi connectivity index (χ1v) is 6.69. The summed E-state index contributed by atoms with van der Waals surface area (Å²) in [5.41, 5.74) is -0.892. The molecule has 0 spiro atoms. The van der Waals surface area contributed by atoms with Gasteiger partial charge in [0.05, 0.1) is 18.8 Å². The molecule has 0 aliphatic rings. The van der Waals surface area contributed by atoms with Crippen LogP contribution in [0, 0.1) is 0 Å². The fraction of sp³-hybridized carbons (Fsp3) is 0.375. The molecule has 22 heavy (non-hydrogen) atoms. The number of rotatable bonds is 3. The van der Waals surface area contributed by atoms with Gasteiger partial charge in [-0.2, -0.15) is 8.78 Å². The normalized spacial score (nSPS) is 12.3. The highest BCUT2D eigenvalue weighted by Gasteiger charge is 2.44. The molecule has 1 aromatic carbocycles. The Morgan fingerprint density at radius 1 is 1.18 bits per heavy atom. The van der Waals surface area contributed by atoms with Gasteiger partial charge in [-0.1, -0.05) is 6.07 Å². The maximum absolute atomic E-state index is 14.3. The standard InChI is InChI=1S/C16H17F2NO3/c1-15(2,3)22-14(20)16(17,18)11-5-6-13-10(7-11)8-12(21-4)9-19-13/h5-9H,1-4H3. The summed E-state index contributed by atoms with van der Waals surface area (Å²) in [6.07, 6.45) is 1.49. The lowest BCUT2D eigenvalue weighted by Gasteiger charge is -2.23. The molecule has 4 nitrogen and oxygen atoms in total. The van der Waals surface area contributed by atoms with Crippen molar-refractivity contribution in [3.05, 3.63) is 36.0 Å². The average molecular weight is 309 g/mol. The van der Waals surface area contributed by atoms with Crippen molar-refractivity contribution in [1.29, 1.82) is 0 Å². The van der Waals surface area contributed by atoms with Crippen molar-refractivity contribution in [2.45, 2.75) is 32.3 Å². The number of hydrogen-bond acceptors (Lipinski definition) is 4. The predicted octanol–water partition coefficient (Wildman–Crippen LogP) is 3.68. The highest BCUT2D eigenvalue weighted by atomic mass is 19.3. The number of alkyl halides is 2. The zero-order valence-corrected chi connectivity index (χ0v) is 12.8. The number of fused-ring (bicyclic) bond motifs is 1. The van der Waals surface area contributed by atoms with Crippen LogP contribution in [0.4, 0.5) is 8.78 Å². The number of benzene rings is 1. The van der Waals surface area contributed by atoms with Gasteiger partial charge in [0.15, 0.2) is 0 Å². The fourth-order valence-corrected chi connectivity index (χ4v) is 1.88. The number of hydrogen-bond donors (Lipinski definition) is 0. The van der Waals surface area contributed by atoms with Crippen molar-refractivity contribution in [3.63, 3.8) is 0 Å². The van der Waals surface area contributed by atoms with Crippen molar-refractivity contribution in [2.75, 3.05) is 7.11 Å². The minimum Gasteiger partial charge on any atom is -0.495 e. The van der Waals surface area contributed by atoms with E-state index in [-0.39, 0.29) is 0 Å². The van der Waals surface area contributed by atoms with E-state index < -0.39 is 23.1 Å². The van der Waals surface area contributed by atoms with Gasteiger partial charge in [-0.25, -0.2) is 4.79 Å². The molecule has 0 unspecified atom stereocenters. The van der Waals surface area contributed by atoms with Crippen molar-refractivity contribution in [1.82, 2.24) is 4.98 Å². The molecule has 0 saturated heterocycles. The number of methoxy groups -OCH3 is 1. The smallest absolute Gasteiger partial charge is 0.382 e. The van der Waals surface area contributed by atoms with Gasteiger partial charge in [0.2, 0.25) is 0 Å². The van der Waals surface area contributed by atoms with Crippen LogP contribution in [-0.2, 0) is 15.5 Å². The van der Waals surface area contributed by atoms with Crippen LogP contribution in [0.1, 0.15) is 26.3 Å². The summed E-state index contributed by atoms with van der Waals surface area (Å²) in [7, 11) is 1.46. The van der Waals surface area contributed by atoms with E-state index in [0.29, 0.717) is 16.7 Å². The monoisotopic (exact) mass is 309 g/mol. The lowest BCUT2D eigenvalue weighted by molar-refractivity contribution is -0.185. The molecule has 0 bridgehead atoms. The maximum Gasteiger partial charge on any atom is 0.382 e. The highest BCUT2D eigenvalue weighted by molar-refractivity contribution is 5.85. The van der Waals surface area contributed by atoms with Crippen LogP contribution in [0.15, 0.2) is 30.5 Å². The van der Waals surface area contributed by atoms with Crippen molar-refractivity contribution in [2.24, 2.45) is 0 Å². The summed E-state index contributed by atoms with van der Waals surface area (Å²) in [5, 5.41) is 0.458. The molecule has 0 N–H and O–H groups in total. The lowest BCUT2D eigenvalue weighted by Crippen LogP contribution is -2.34. The molecule has 1 heterocycles. The number of esters is 1. The van der Waals surface area contributed by atoms with E-state index in [4.69, 9.17) is 9.47 Å². The molecule has 0 fully saturated rings. The molecule has 0 atom stereocenters. The Labute approximate surface area is 127 Å². The molecule has 0 saturated carbocycles. The van der Waals surface area contributed by atoms with Gasteiger partial charge in [0, 0.05) is 10.9 Å². The summed E-state index contributed by atoms with van der Waals surface area (Å²) in [6, 6.07) is 5.40. The Bertz CT molecular complexity index is 708. The van der Waals surface area contributed by atoms with Crippen molar-refractivity contribution in [3.8, 4) is 5.75 Å². The van der Waals surface area contributed by atoms with Crippen LogP contribution >= 0.6 is 0 Å². The van der Waals surface area contributed by atoms with Gasteiger partial charge in [-0.3, -0.25) is 4.98 Å². The molecule has 1 aromatic heterocycles. The predicted molar refractivity (Wildman–Crippen MR) is 78.0 cm³/mol. The van der Waals surface area contributed by atoms with Gasteiger partial charge in [-0.05, 0) is 39.0 Å². The lowest BCUT2D eigenvalue weighted by atomic mass is 10.0. The van der Waals surface area contributed by atoms with E-state index in [0.717, 1.165) is 0 Å². The van der Waals surface area contributed by atoms with E-state index in [2.05, 4.69) is 4.98 Å². The topological polar surface area (TPSA) is 48.4 Å². The van der Waals surface area contributed by atoms with E-state index in [1.165, 1.54) is 52.3 Å². The second kappa shape index (κ2) is 5.51. The van der Waals surface area contributed by atoms with E-state index in [1.807, 2.05) is 0 Å². The Morgan fingerprint density at radius 2 is 1.86 bits per heavy atom. The zero-order chi connectivity index (χ0) is 16.5. The summed E-state index contributed by atoms with van der Waals surface area (Å²) in [5.74, 6) is -4.86. The third kappa shape index (κ3) is 3.32. The van der Waals surface area contributed by atoms with Gasteiger partial charge in [0.1, 0.15) is 11.4 Å². The molecular weight excluding hydrogens is 292 g/mol. The maximum atomic E-state index is 14.3. The molecule has 0 aliphatic heterocycles. The molecule has 0 amide bonds. The van der Waals surface area contributed by atoms with Crippen LogP contribution < -0.4 is 4.74 Å². The Balaban J connectivity index is 2.42. The minimum absolute atomic E-state index is 0.440.